The van der Waals surface area contributed by atoms with Crippen LogP contribution in [0, 0.1) is 0 Å². The van der Waals surface area contributed by atoms with Crippen LogP contribution in [0.25, 0.3) is 10.9 Å². The highest BCUT2D eigenvalue weighted by Gasteiger charge is 2.22. The number of carbonyl (C=O) groups is 2. The Morgan fingerprint density at radius 2 is 1.81 bits per heavy atom. The fourth-order valence-electron chi connectivity index (χ4n) is 2.77. The number of rotatable bonds is 5. The highest BCUT2D eigenvalue weighted by Crippen LogP contribution is 2.27. The summed E-state index contributed by atoms with van der Waals surface area (Å²) in [5.74, 6) is -0.444. The average molecular weight is 375 g/mol. The van der Waals surface area contributed by atoms with E-state index in [1.165, 1.54) is 4.57 Å². The maximum atomic E-state index is 12.6. The van der Waals surface area contributed by atoms with E-state index in [1.807, 2.05) is 6.07 Å². The summed E-state index contributed by atoms with van der Waals surface area (Å²) >= 11 is 0. The molecular formula is C21H29NO5. The zero-order valence-electron chi connectivity index (χ0n) is 17.0. The zero-order chi connectivity index (χ0) is 20.4. The first-order chi connectivity index (χ1) is 12.4. The number of ether oxygens (including phenoxy) is 2. The van der Waals surface area contributed by atoms with Gasteiger partial charge in [0.25, 0.3) is 0 Å². The van der Waals surface area contributed by atoms with E-state index >= 15 is 0 Å². The van der Waals surface area contributed by atoms with Crippen molar-refractivity contribution in [2.24, 2.45) is 0 Å². The maximum absolute atomic E-state index is 12.6. The van der Waals surface area contributed by atoms with Crippen molar-refractivity contribution in [3.63, 3.8) is 0 Å². The minimum atomic E-state index is -0.833. The zero-order valence-corrected chi connectivity index (χ0v) is 17.0. The number of hydrogen-bond donors (Lipinski definition) is 1. The smallest absolute Gasteiger partial charge is 0.418 e. The monoisotopic (exact) mass is 375 g/mol. The van der Waals surface area contributed by atoms with Crippen molar-refractivity contribution >= 4 is 23.0 Å². The third kappa shape index (κ3) is 5.57. The number of carbonyl (C=O) groups excluding carboxylic acids is 2. The van der Waals surface area contributed by atoms with Gasteiger partial charge in [-0.2, -0.15) is 0 Å². The van der Waals surface area contributed by atoms with E-state index in [0.717, 1.165) is 10.9 Å². The van der Waals surface area contributed by atoms with Gasteiger partial charge in [-0.3, -0.25) is 4.57 Å². The molecule has 0 saturated carbocycles. The van der Waals surface area contributed by atoms with Gasteiger partial charge in [0, 0.05) is 11.6 Å². The first kappa shape index (κ1) is 21.0. The van der Waals surface area contributed by atoms with Crippen LogP contribution in [0.1, 0.15) is 63.9 Å². The molecule has 0 saturated heterocycles. The summed E-state index contributed by atoms with van der Waals surface area (Å²) in [7, 11) is 0. The summed E-state index contributed by atoms with van der Waals surface area (Å²) in [6.07, 6.45) is 2.21. The third-order valence-electron chi connectivity index (χ3n) is 4.00. The molecule has 0 amide bonds. The molecule has 1 N–H and O–H groups in total. The predicted octanol–water partition coefficient (Wildman–Crippen LogP) is 4.30. The molecule has 0 bridgehead atoms. The number of esters is 1. The molecule has 0 atom stereocenters. The highest BCUT2D eigenvalue weighted by atomic mass is 16.6. The van der Waals surface area contributed by atoms with Gasteiger partial charge in [-0.05, 0) is 78.1 Å². The van der Waals surface area contributed by atoms with Crippen LogP contribution in [0.3, 0.4) is 0 Å². The Balaban J connectivity index is 2.53. The van der Waals surface area contributed by atoms with Gasteiger partial charge < -0.3 is 14.6 Å². The number of aromatic nitrogens is 1. The molecule has 0 aliphatic heterocycles. The van der Waals surface area contributed by atoms with Crippen molar-refractivity contribution in [1.29, 1.82) is 0 Å². The number of aryl methyl sites for hydroxylation is 1. The molecule has 0 spiro atoms. The highest BCUT2D eigenvalue weighted by molar-refractivity contribution is 5.98. The fraction of sp³-hybridized carbons (Fsp3) is 0.524. The molecule has 27 heavy (non-hydrogen) atoms. The summed E-state index contributed by atoms with van der Waals surface area (Å²) in [5, 5.41) is 10.9. The fourth-order valence-corrected chi connectivity index (χ4v) is 2.77. The minimum absolute atomic E-state index is 0.267. The number of hydrogen-bond acceptors (Lipinski definition) is 5. The Kier molecular flexibility index (Phi) is 6.00. The lowest BCUT2D eigenvalue weighted by Gasteiger charge is -2.20. The standard InChI is InChI=1S/C21H29NO5/c1-7-26-18(23)15-12-14(8-10-21(5,6)25)16-9-11-22(17(16)13-15)19(24)27-20(2,3)4/h9,11-13,25H,7-8,10H2,1-6H3. The maximum Gasteiger partial charge on any atom is 0.418 e. The van der Waals surface area contributed by atoms with Crippen LogP contribution in [-0.4, -0.2) is 39.5 Å². The summed E-state index contributed by atoms with van der Waals surface area (Å²) in [6.45, 7) is 10.9. The lowest BCUT2D eigenvalue weighted by molar-refractivity contribution is 0.0518. The summed E-state index contributed by atoms with van der Waals surface area (Å²) in [4.78, 5) is 24.8. The summed E-state index contributed by atoms with van der Waals surface area (Å²) in [5.41, 5.74) is 0.370. The quantitative estimate of drug-likeness (QED) is 0.788. The topological polar surface area (TPSA) is 77.8 Å². The molecule has 0 unspecified atom stereocenters. The minimum Gasteiger partial charge on any atom is -0.462 e. The van der Waals surface area contributed by atoms with E-state index in [4.69, 9.17) is 9.47 Å². The number of benzene rings is 1. The van der Waals surface area contributed by atoms with E-state index in [9.17, 15) is 14.7 Å². The summed E-state index contributed by atoms with van der Waals surface area (Å²) < 4.78 is 12.0. The number of nitrogens with zero attached hydrogens (tertiary/aromatic N) is 1. The molecule has 6 nitrogen and oxygen atoms in total. The molecule has 0 aliphatic carbocycles. The average Bonchev–Trinajstić information content (AvgIpc) is 2.94. The lowest BCUT2D eigenvalue weighted by atomic mass is 9.95. The second kappa shape index (κ2) is 7.72. The van der Waals surface area contributed by atoms with Crippen LogP contribution >= 0.6 is 0 Å². The Morgan fingerprint density at radius 3 is 2.37 bits per heavy atom. The normalized spacial score (nSPS) is 12.3. The Hall–Kier alpha value is -2.34. The SMILES string of the molecule is CCOC(=O)c1cc(CCC(C)(C)O)c2ccn(C(=O)OC(C)(C)C)c2c1. The predicted molar refractivity (Wildman–Crippen MR) is 104 cm³/mol. The van der Waals surface area contributed by atoms with Crippen molar-refractivity contribution in [1.82, 2.24) is 4.57 Å². The van der Waals surface area contributed by atoms with Crippen LogP contribution in [0.15, 0.2) is 24.4 Å². The van der Waals surface area contributed by atoms with Crippen LogP contribution in [0.5, 0.6) is 0 Å². The van der Waals surface area contributed by atoms with Crippen molar-refractivity contribution < 1.29 is 24.2 Å². The molecule has 6 heteroatoms. The summed E-state index contributed by atoms with van der Waals surface area (Å²) in [6, 6.07) is 5.24. The van der Waals surface area contributed by atoms with Crippen LogP contribution in [0.4, 0.5) is 4.79 Å². The van der Waals surface area contributed by atoms with Crippen molar-refractivity contribution in [2.75, 3.05) is 6.61 Å². The molecule has 148 valence electrons. The molecule has 1 aromatic carbocycles. The number of fused-ring (bicyclic) bond motifs is 1. The Bertz CT molecular complexity index is 837. The van der Waals surface area contributed by atoms with Gasteiger partial charge in [0.05, 0.1) is 23.3 Å². The molecule has 2 rings (SSSR count). The molecule has 0 radical (unpaired) electrons. The third-order valence-corrected chi connectivity index (χ3v) is 4.00. The van der Waals surface area contributed by atoms with E-state index in [-0.39, 0.29) is 6.61 Å². The lowest BCUT2D eigenvalue weighted by Crippen LogP contribution is -2.26. The van der Waals surface area contributed by atoms with Gasteiger partial charge in [-0.15, -0.1) is 0 Å². The van der Waals surface area contributed by atoms with E-state index < -0.39 is 23.3 Å². The second-order valence-electron chi connectivity index (χ2n) is 8.27. The van der Waals surface area contributed by atoms with Gasteiger partial charge in [-0.25, -0.2) is 9.59 Å². The van der Waals surface area contributed by atoms with Gasteiger partial charge in [0.2, 0.25) is 0 Å². The van der Waals surface area contributed by atoms with E-state index in [0.29, 0.717) is 23.9 Å². The van der Waals surface area contributed by atoms with Crippen LogP contribution < -0.4 is 0 Å². The first-order valence-corrected chi connectivity index (χ1v) is 9.18. The van der Waals surface area contributed by atoms with Gasteiger partial charge in [0.15, 0.2) is 0 Å². The molecule has 2 aromatic rings. The van der Waals surface area contributed by atoms with Crippen LogP contribution in [0.2, 0.25) is 0 Å². The van der Waals surface area contributed by atoms with Gasteiger partial charge in [-0.1, -0.05) is 0 Å². The Labute approximate surface area is 160 Å². The molecule has 0 aliphatic rings. The molecular weight excluding hydrogens is 346 g/mol. The van der Waals surface area contributed by atoms with Gasteiger partial charge in [0.1, 0.15) is 5.60 Å². The Morgan fingerprint density at radius 1 is 1.15 bits per heavy atom. The van der Waals surface area contributed by atoms with Gasteiger partial charge >= 0.3 is 12.1 Å². The van der Waals surface area contributed by atoms with E-state index in [1.54, 1.807) is 59.9 Å². The van der Waals surface area contributed by atoms with E-state index in [2.05, 4.69) is 0 Å². The first-order valence-electron chi connectivity index (χ1n) is 9.18. The van der Waals surface area contributed by atoms with Crippen LogP contribution in [-0.2, 0) is 15.9 Å². The van der Waals surface area contributed by atoms with Crippen molar-refractivity contribution in [3.8, 4) is 0 Å². The molecule has 1 heterocycles. The number of aliphatic hydroxyl groups is 1. The van der Waals surface area contributed by atoms with Crippen molar-refractivity contribution in [3.05, 3.63) is 35.5 Å². The molecule has 1 aromatic heterocycles. The van der Waals surface area contributed by atoms with Crippen molar-refractivity contribution in [2.45, 2.75) is 65.6 Å². The second-order valence-corrected chi connectivity index (χ2v) is 8.27. The largest absolute Gasteiger partial charge is 0.462 e. The molecule has 0 fully saturated rings.